The van der Waals surface area contributed by atoms with Crippen LogP contribution in [0, 0.1) is 0 Å². The molecule has 106 valence electrons. The largest absolute Gasteiger partial charge is 0.399 e. The maximum absolute atomic E-state index is 12.9. The van der Waals surface area contributed by atoms with E-state index in [0.29, 0.717) is 17.9 Å². The second kappa shape index (κ2) is 5.74. The maximum Gasteiger partial charge on any atom is 0.265 e. The van der Waals surface area contributed by atoms with Crippen molar-refractivity contribution >= 4 is 11.4 Å². The fourth-order valence-electron chi connectivity index (χ4n) is 2.57. The van der Waals surface area contributed by atoms with Crippen LogP contribution < -0.4 is 11.1 Å². The van der Waals surface area contributed by atoms with E-state index in [0.717, 1.165) is 32.1 Å². The number of nitrogens with two attached hydrogens (primary N) is 1. The lowest BCUT2D eigenvalue weighted by Crippen LogP contribution is -2.38. The molecule has 5 heteroatoms. The Hall–Kier alpha value is -1.36. The second-order valence-electron chi connectivity index (χ2n) is 5.29. The van der Waals surface area contributed by atoms with Crippen LogP contribution in [0.3, 0.4) is 0 Å². The molecule has 1 saturated carbocycles. The van der Waals surface area contributed by atoms with Gasteiger partial charge in [0.25, 0.3) is 6.43 Å². The highest BCUT2D eigenvalue weighted by atomic mass is 19.3. The smallest absolute Gasteiger partial charge is 0.265 e. The Labute approximate surface area is 111 Å². The lowest BCUT2D eigenvalue weighted by Gasteiger charge is -2.32. The molecule has 1 aromatic carbocycles. The summed E-state index contributed by atoms with van der Waals surface area (Å²) < 4.78 is 25.8. The summed E-state index contributed by atoms with van der Waals surface area (Å²) in [5.41, 5.74) is 5.30. The third kappa shape index (κ3) is 3.56. The molecule has 0 heterocycles. The number of benzene rings is 1. The van der Waals surface area contributed by atoms with Gasteiger partial charge in [-0.25, -0.2) is 8.78 Å². The van der Waals surface area contributed by atoms with E-state index in [2.05, 4.69) is 5.32 Å². The number of nitrogens with one attached hydrogen (secondary N) is 1. The van der Waals surface area contributed by atoms with Gasteiger partial charge < -0.3 is 16.2 Å². The summed E-state index contributed by atoms with van der Waals surface area (Å²) in [6, 6.07) is 4.40. The van der Waals surface area contributed by atoms with Gasteiger partial charge >= 0.3 is 0 Å². The van der Waals surface area contributed by atoms with Crippen molar-refractivity contribution in [2.45, 2.75) is 44.1 Å². The average molecular weight is 270 g/mol. The van der Waals surface area contributed by atoms with E-state index >= 15 is 0 Å². The van der Waals surface area contributed by atoms with Crippen LogP contribution in [0.5, 0.6) is 0 Å². The fraction of sp³-hybridized carbons (Fsp3) is 0.571. The Bertz CT molecular complexity index is 431. The van der Waals surface area contributed by atoms with Crippen LogP contribution >= 0.6 is 0 Å². The maximum atomic E-state index is 12.9. The molecule has 0 bridgehead atoms. The van der Waals surface area contributed by atoms with Crippen LogP contribution in [0.2, 0.25) is 0 Å². The van der Waals surface area contributed by atoms with Gasteiger partial charge in [-0.3, -0.25) is 0 Å². The summed E-state index contributed by atoms with van der Waals surface area (Å²) in [7, 11) is 0. The van der Waals surface area contributed by atoms with Gasteiger partial charge in [0.1, 0.15) is 0 Å². The fourth-order valence-corrected chi connectivity index (χ4v) is 2.57. The number of halogens is 2. The standard InChI is InChI=1S/C14H20F2N2O/c15-13(16)11-8-10(17)4-5-12(11)18-9-14(19)6-2-1-3-7-14/h4-5,8,13,18-19H,1-3,6-7,9,17H2. The van der Waals surface area contributed by atoms with Crippen LogP contribution in [0.1, 0.15) is 44.1 Å². The zero-order valence-corrected chi connectivity index (χ0v) is 10.8. The minimum Gasteiger partial charge on any atom is -0.399 e. The van der Waals surface area contributed by atoms with Gasteiger partial charge in [0.15, 0.2) is 0 Å². The van der Waals surface area contributed by atoms with Crippen molar-refractivity contribution in [1.29, 1.82) is 0 Å². The molecule has 1 aromatic rings. The molecule has 0 aromatic heterocycles. The number of nitrogen functional groups attached to an aromatic ring is 1. The summed E-state index contributed by atoms with van der Waals surface area (Å²) in [5, 5.41) is 13.3. The number of hydrogen-bond acceptors (Lipinski definition) is 3. The first kappa shape index (κ1) is 14.1. The van der Waals surface area contributed by atoms with Crippen LogP contribution in [-0.2, 0) is 0 Å². The molecule has 1 fully saturated rings. The Morgan fingerprint density at radius 1 is 1.26 bits per heavy atom. The number of anilines is 2. The van der Waals surface area contributed by atoms with Crippen LogP contribution in [0.15, 0.2) is 18.2 Å². The molecule has 3 nitrogen and oxygen atoms in total. The van der Waals surface area contributed by atoms with E-state index in [4.69, 9.17) is 5.73 Å². The molecular formula is C14H20F2N2O. The summed E-state index contributed by atoms with van der Waals surface area (Å²) >= 11 is 0. The molecule has 4 N–H and O–H groups in total. The van der Waals surface area contributed by atoms with Crippen LogP contribution in [0.25, 0.3) is 0 Å². The molecule has 0 aliphatic heterocycles. The van der Waals surface area contributed by atoms with E-state index < -0.39 is 12.0 Å². The van der Waals surface area contributed by atoms with Crippen molar-refractivity contribution in [2.75, 3.05) is 17.6 Å². The Morgan fingerprint density at radius 3 is 2.58 bits per heavy atom. The van der Waals surface area contributed by atoms with Crippen LogP contribution in [-0.4, -0.2) is 17.3 Å². The number of hydrogen-bond donors (Lipinski definition) is 3. The Kier molecular flexibility index (Phi) is 4.24. The van der Waals surface area contributed by atoms with Crippen molar-refractivity contribution in [2.24, 2.45) is 0 Å². The second-order valence-corrected chi connectivity index (χ2v) is 5.29. The first-order chi connectivity index (χ1) is 9.00. The molecule has 2 rings (SSSR count). The quantitative estimate of drug-likeness (QED) is 0.736. The highest BCUT2D eigenvalue weighted by Crippen LogP contribution is 2.32. The Balaban J connectivity index is 2.06. The number of rotatable bonds is 4. The van der Waals surface area contributed by atoms with Crippen molar-refractivity contribution < 1.29 is 13.9 Å². The van der Waals surface area contributed by atoms with Gasteiger partial charge in [-0.1, -0.05) is 19.3 Å². The molecule has 0 atom stereocenters. The summed E-state index contributed by atoms with van der Waals surface area (Å²) in [4.78, 5) is 0. The van der Waals surface area contributed by atoms with Gasteiger partial charge in [0.2, 0.25) is 0 Å². The van der Waals surface area contributed by atoms with Crippen LogP contribution in [0.4, 0.5) is 20.2 Å². The van der Waals surface area contributed by atoms with Crippen molar-refractivity contribution in [3.8, 4) is 0 Å². The van der Waals surface area contributed by atoms with Crippen molar-refractivity contribution in [1.82, 2.24) is 0 Å². The highest BCUT2D eigenvalue weighted by Gasteiger charge is 2.29. The van der Waals surface area contributed by atoms with Crippen molar-refractivity contribution in [3.05, 3.63) is 23.8 Å². The van der Waals surface area contributed by atoms with Gasteiger partial charge in [-0.05, 0) is 31.0 Å². The SMILES string of the molecule is Nc1ccc(NCC2(O)CCCCC2)c(C(F)F)c1. The summed E-state index contributed by atoms with van der Waals surface area (Å²) in [6.07, 6.45) is 1.97. The molecule has 0 saturated heterocycles. The summed E-state index contributed by atoms with van der Waals surface area (Å²) in [5.74, 6) is 0. The normalized spacial score (nSPS) is 18.5. The average Bonchev–Trinajstić information content (AvgIpc) is 2.38. The van der Waals surface area contributed by atoms with Gasteiger partial charge in [0, 0.05) is 23.5 Å². The lowest BCUT2D eigenvalue weighted by molar-refractivity contribution is 0.0166. The topological polar surface area (TPSA) is 58.3 Å². The number of aliphatic hydroxyl groups is 1. The molecule has 0 unspecified atom stereocenters. The van der Waals surface area contributed by atoms with E-state index in [9.17, 15) is 13.9 Å². The number of alkyl halides is 2. The van der Waals surface area contributed by atoms with E-state index in [1.54, 1.807) is 12.1 Å². The van der Waals surface area contributed by atoms with Gasteiger partial charge in [-0.15, -0.1) is 0 Å². The van der Waals surface area contributed by atoms with E-state index in [1.807, 2.05) is 0 Å². The minimum atomic E-state index is -2.58. The molecule has 1 aliphatic rings. The zero-order valence-electron chi connectivity index (χ0n) is 10.8. The predicted molar refractivity (Wildman–Crippen MR) is 72.3 cm³/mol. The van der Waals surface area contributed by atoms with Gasteiger partial charge in [-0.2, -0.15) is 0 Å². The third-order valence-electron chi connectivity index (χ3n) is 3.70. The minimum absolute atomic E-state index is 0.112. The third-order valence-corrected chi connectivity index (χ3v) is 3.70. The molecular weight excluding hydrogens is 250 g/mol. The highest BCUT2D eigenvalue weighted by molar-refractivity contribution is 5.58. The van der Waals surface area contributed by atoms with Crippen molar-refractivity contribution in [3.63, 3.8) is 0 Å². The Morgan fingerprint density at radius 2 is 1.95 bits per heavy atom. The van der Waals surface area contributed by atoms with Gasteiger partial charge in [0.05, 0.1) is 5.60 Å². The summed E-state index contributed by atoms with van der Waals surface area (Å²) in [6.45, 7) is 0.302. The predicted octanol–water partition coefficient (Wildman–Crippen LogP) is 3.31. The first-order valence-corrected chi connectivity index (χ1v) is 6.64. The molecule has 0 radical (unpaired) electrons. The lowest BCUT2D eigenvalue weighted by atomic mass is 9.85. The first-order valence-electron chi connectivity index (χ1n) is 6.64. The molecule has 1 aliphatic carbocycles. The molecule has 0 spiro atoms. The van der Waals surface area contributed by atoms with E-state index in [1.165, 1.54) is 6.07 Å². The monoisotopic (exact) mass is 270 g/mol. The molecule has 19 heavy (non-hydrogen) atoms. The molecule has 0 amide bonds. The van der Waals surface area contributed by atoms with E-state index in [-0.39, 0.29) is 5.56 Å². The zero-order chi connectivity index (χ0) is 13.9.